The summed E-state index contributed by atoms with van der Waals surface area (Å²) in [5.41, 5.74) is 15.9. The Bertz CT molecular complexity index is 5190. The van der Waals surface area contributed by atoms with Gasteiger partial charge in [0.2, 0.25) is 0 Å². The van der Waals surface area contributed by atoms with Crippen LogP contribution in [0.15, 0.2) is 255 Å². The van der Waals surface area contributed by atoms with Crippen LogP contribution in [0, 0.1) is 22.7 Å². The third-order valence-corrected chi connectivity index (χ3v) is 18.6. The zero-order valence-corrected chi connectivity index (χ0v) is 44.5. The maximum atomic E-state index is 12.5. The lowest BCUT2D eigenvalue weighted by molar-refractivity contribution is 1.13. The quantitative estimate of drug-likeness (QED) is 0.160. The van der Waals surface area contributed by atoms with Crippen molar-refractivity contribution in [2.45, 2.75) is 0 Å². The number of thiophene rings is 2. The molecule has 16 rings (SSSR count). The molecule has 12 aromatic carbocycles. The van der Waals surface area contributed by atoms with Gasteiger partial charge in [0.05, 0.1) is 54.0 Å². The zero-order valence-electron chi connectivity index (χ0n) is 42.9. The highest BCUT2D eigenvalue weighted by Gasteiger charge is 2.34. The van der Waals surface area contributed by atoms with E-state index in [1.54, 1.807) is 22.7 Å². The highest BCUT2D eigenvalue weighted by molar-refractivity contribution is 7.27. The van der Waals surface area contributed by atoms with Gasteiger partial charge in [0.25, 0.3) is 0 Å². The summed E-state index contributed by atoms with van der Waals surface area (Å²) in [4.78, 5) is 0. The number of benzene rings is 12. The standard InChI is InChI=1S/C74H42N4S2/c75-43-60-66(48-26-12-4-13-27-48)61(44-76)70(67(49-28-14-5-15-29-49)69(60)77-62-38-34-50(45-20-6-1-7-21-45)40-57(62)58-41-51(35-39-63(58)77)46-22-8-2-9-23-46)78-71-55(37-36-54-52-30-16-18-32-64(52)79-73(54)71)68-56(47-24-10-3-11-25-47)42-59-53-31-17-19-33-65(53)80-74(59)72(68)78/h1-42H. The number of aromatic nitrogens is 2. The van der Waals surface area contributed by atoms with E-state index in [9.17, 15) is 10.5 Å². The summed E-state index contributed by atoms with van der Waals surface area (Å²) in [6.45, 7) is 0. The van der Waals surface area contributed by atoms with Crippen molar-refractivity contribution in [2.75, 3.05) is 0 Å². The van der Waals surface area contributed by atoms with Crippen LogP contribution in [0.2, 0.25) is 0 Å². The summed E-state index contributed by atoms with van der Waals surface area (Å²) >= 11 is 3.60. The summed E-state index contributed by atoms with van der Waals surface area (Å²) in [6, 6.07) is 96.1. The number of rotatable bonds is 7. The van der Waals surface area contributed by atoms with Gasteiger partial charge in [-0.2, -0.15) is 10.5 Å². The Morgan fingerprint density at radius 2 is 0.725 bits per heavy atom. The molecule has 4 aromatic heterocycles. The fourth-order valence-corrected chi connectivity index (χ4v) is 15.2. The second kappa shape index (κ2) is 18.1. The molecule has 4 heterocycles. The molecule has 0 atom stereocenters. The van der Waals surface area contributed by atoms with Gasteiger partial charge in [-0.1, -0.05) is 212 Å². The van der Waals surface area contributed by atoms with Gasteiger partial charge in [-0.3, -0.25) is 0 Å². The van der Waals surface area contributed by atoms with Crippen LogP contribution in [0.25, 0.3) is 151 Å². The molecular formula is C74H42N4S2. The van der Waals surface area contributed by atoms with E-state index in [1.807, 2.05) is 36.4 Å². The van der Waals surface area contributed by atoms with Gasteiger partial charge in [-0.15, -0.1) is 22.7 Å². The maximum Gasteiger partial charge on any atom is 0.102 e. The van der Waals surface area contributed by atoms with E-state index >= 15 is 0 Å². The van der Waals surface area contributed by atoms with Crippen molar-refractivity contribution in [2.24, 2.45) is 0 Å². The van der Waals surface area contributed by atoms with Crippen LogP contribution in [-0.2, 0) is 0 Å². The first kappa shape index (κ1) is 45.8. The van der Waals surface area contributed by atoms with Crippen LogP contribution in [-0.4, -0.2) is 9.13 Å². The van der Waals surface area contributed by atoms with E-state index in [4.69, 9.17) is 0 Å². The minimum atomic E-state index is 0.415. The molecular weight excluding hydrogens is 1010 g/mol. The van der Waals surface area contributed by atoms with Crippen molar-refractivity contribution in [1.29, 1.82) is 10.5 Å². The number of fused-ring (bicyclic) bond motifs is 14. The number of hydrogen-bond acceptors (Lipinski definition) is 4. The largest absolute Gasteiger partial charge is 0.307 e. The molecule has 0 aliphatic carbocycles. The van der Waals surface area contributed by atoms with Crippen molar-refractivity contribution < 1.29 is 0 Å². The summed E-state index contributed by atoms with van der Waals surface area (Å²) in [5.74, 6) is 0. The van der Waals surface area contributed by atoms with Crippen LogP contribution < -0.4 is 0 Å². The third kappa shape index (κ3) is 6.77. The smallest absolute Gasteiger partial charge is 0.102 e. The predicted octanol–water partition coefficient (Wildman–Crippen LogP) is 20.7. The van der Waals surface area contributed by atoms with Gasteiger partial charge in [0.15, 0.2) is 0 Å². The fraction of sp³-hybridized carbons (Fsp3) is 0. The Balaban J connectivity index is 1.19. The highest BCUT2D eigenvalue weighted by atomic mass is 32.1. The molecule has 370 valence electrons. The summed E-state index contributed by atoms with van der Waals surface area (Å²) in [7, 11) is 0. The molecule has 0 fully saturated rings. The van der Waals surface area contributed by atoms with Crippen molar-refractivity contribution in [3.63, 3.8) is 0 Å². The number of nitriles is 2. The normalized spacial score (nSPS) is 11.7. The van der Waals surface area contributed by atoms with Crippen LogP contribution >= 0.6 is 22.7 Å². The van der Waals surface area contributed by atoms with Crippen molar-refractivity contribution in [3.8, 4) is 79.1 Å². The van der Waals surface area contributed by atoms with Crippen molar-refractivity contribution >= 4 is 107 Å². The first-order chi connectivity index (χ1) is 39.6. The Hall–Kier alpha value is -10.3. The molecule has 0 aliphatic heterocycles. The van der Waals surface area contributed by atoms with Crippen LogP contribution in [0.3, 0.4) is 0 Å². The Morgan fingerprint density at radius 1 is 0.300 bits per heavy atom. The SMILES string of the molecule is N#Cc1c(-c2ccccc2)c(C#N)c(-n2c3c(ccc4c5ccccc5sc43)c3c(-c4ccccc4)cc4c5ccccc5sc4c32)c(-c2ccccc2)c1-n1c2ccc(-c3ccccc3)cc2c2cc(-c3ccccc3)ccc21. The Morgan fingerprint density at radius 3 is 1.25 bits per heavy atom. The van der Waals surface area contributed by atoms with Crippen LogP contribution in [0.5, 0.6) is 0 Å². The van der Waals surface area contributed by atoms with E-state index in [2.05, 4.69) is 240 Å². The molecule has 16 aromatic rings. The van der Waals surface area contributed by atoms with E-state index in [-0.39, 0.29) is 0 Å². The topological polar surface area (TPSA) is 57.4 Å². The molecule has 0 N–H and O–H groups in total. The lowest BCUT2D eigenvalue weighted by atomic mass is 9.86. The molecule has 0 radical (unpaired) electrons. The first-order valence-corrected chi connectivity index (χ1v) is 28.4. The van der Waals surface area contributed by atoms with Crippen LogP contribution in [0.1, 0.15) is 11.1 Å². The van der Waals surface area contributed by atoms with Gasteiger partial charge in [0.1, 0.15) is 12.1 Å². The molecule has 0 aliphatic rings. The van der Waals surface area contributed by atoms with Gasteiger partial charge in [0, 0.05) is 63.6 Å². The molecule has 0 unspecified atom stereocenters. The summed E-state index contributed by atoms with van der Waals surface area (Å²) < 4.78 is 9.43. The molecule has 0 bridgehead atoms. The minimum Gasteiger partial charge on any atom is -0.307 e. The highest BCUT2D eigenvalue weighted by Crippen LogP contribution is 2.54. The van der Waals surface area contributed by atoms with Gasteiger partial charge in [-0.05, 0) is 87.0 Å². The maximum absolute atomic E-state index is 12.5. The average molecular weight is 1050 g/mol. The van der Waals surface area contributed by atoms with Gasteiger partial charge >= 0.3 is 0 Å². The van der Waals surface area contributed by atoms with E-state index < -0.39 is 0 Å². The molecule has 0 spiro atoms. The van der Waals surface area contributed by atoms with Crippen molar-refractivity contribution in [3.05, 3.63) is 266 Å². The van der Waals surface area contributed by atoms with E-state index in [1.165, 1.54) is 20.2 Å². The minimum absolute atomic E-state index is 0.415. The van der Waals surface area contributed by atoms with E-state index in [0.29, 0.717) is 22.4 Å². The lowest BCUT2D eigenvalue weighted by Crippen LogP contribution is -2.11. The zero-order chi connectivity index (χ0) is 53.0. The molecule has 6 heteroatoms. The molecule has 80 heavy (non-hydrogen) atoms. The number of nitrogens with zero attached hydrogens (tertiary/aromatic N) is 4. The van der Waals surface area contributed by atoms with Gasteiger partial charge in [-0.25, -0.2) is 0 Å². The van der Waals surface area contributed by atoms with E-state index in [0.717, 1.165) is 120 Å². The van der Waals surface area contributed by atoms with Crippen LogP contribution in [0.4, 0.5) is 0 Å². The number of hydrogen-bond donors (Lipinski definition) is 0. The summed E-state index contributed by atoms with van der Waals surface area (Å²) in [6.07, 6.45) is 0. The summed E-state index contributed by atoms with van der Waals surface area (Å²) in [5, 5.41) is 33.7. The fourth-order valence-electron chi connectivity index (χ4n) is 12.8. The molecule has 4 nitrogen and oxygen atoms in total. The monoisotopic (exact) mass is 1050 g/mol. The first-order valence-electron chi connectivity index (χ1n) is 26.8. The predicted molar refractivity (Wildman–Crippen MR) is 338 cm³/mol. The molecule has 0 saturated heterocycles. The second-order valence-corrected chi connectivity index (χ2v) is 22.5. The Kier molecular flexibility index (Phi) is 10.4. The van der Waals surface area contributed by atoms with Gasteiger partial charge < -0.3 is 9.13 Å². The molecule has 0 saturated carbocycles. The molecule has 0 amide bonds. The second-order valence-electron chi connectivity index (χ2n) is 20.4. The lowest BCUT2D eigenvalue weighted by Gasteiger charge is -2.25. The Labute approximate surface area is 468 Å². The third-order valence-electron chi connectivity index (χ3n) is 16.2. The van der Waals surface area contributed by atoms with Crippen molar-refractivity contribution in [1.82, 2.24) is 9.13 Å². The average Bonchev–Trinajstić information content (AvgIpc) is 4.15.